The van der Waals surface area contributed by atoms with Gasteiger partial charge in [0.05, 0.1) is 12.2 Å². The number of pyridine rings is 1. The van der Waals surface area contributed by atoms with E-state index in [1.807, 2.05) is 65.7 Å². The second-order valence-corrected chi connectivity index (χ2v) is 6.93. The molecule has 2 heterocycles. The van der Waals surface area contributed by atoms with Gasteiger partial charge in [-0.15, -0.1) is 0 Å². The van der Waals surface area contributed by atoms with E-state index in [1.165, 1.54) is 0 Å². The van der Waals surface area contributed by atoms with Crippen molar-refractivity contribution in [3.8, 4) is 16.9 Å². The van der Waals surface area contributed by atoms with Gasteiger partial charge < -0.3 is 15.4 Å². The van der Waals surface area contributed by atoms with Gasteiger partial charge in [0.2, 0.25) is 0 Å². The maximum absolute atomic E-state index is 12.6. The molecule has 28 heavy (non-hydrogen) atoms. The molecular weight excluding hydrogens is 350 g/mol. The van der Waals surface area contributed by atoms with Crippen molar-refractivity contribution in [1.29, 1.82) is 0 Å². The van der Waals surface area contributed by atoms with Gasteiger partial charge in [-0.2, -0.15) is 0 Å². The van der Waals surface area contributed by atoms with Crippen molar-refractivity contribution in [1.82, 2.24) is 9.88 Å². The van der Waals surface area contributed by atoms with E-state index in [1.54, 1.807) is 6.20 Å². The molecule has 1 atom stereocenters. The first-order valence-corrected chi connectivity index (χ1v) is 9.48. The van der Waals surface area contributed by atoms with E-state index in [-0.39, 0.29) is 11.9 Å². The Hall–Kier alpha value is -3.18. The number of nitrogens with two attached hydrogens (primary N) is 1. The summed E-state index contributed by atoms with van der Waals surface area (Å²) in [6, 6.07) is 19.5. The molecule has 5 heteroatoms. The summed E-state index contributed by atoms with van der Waals surface area (Å²) in [4.78, 5) is 18.8. The second kappa shape index (κ2) is 8.23. The van der Waals surface area contributed by atoms with Crippen LogP contribution < -0.4 is 10.5 Å². The summed E-state index contributed by atoms with van der Waals surface area (Å²) in [5, 5.41) is 0. The predicted octanol–water partition coefficient (Wildman–Crippen LogP) is 3.50. The second-order valence-electron chi connectivity index (χ2n) is 6.93. The third-order valence-corrected chi connectivity index (χ3v) is 5.08. The van der Waals surface area contributed by atoms with Crippen molar-refractivity contribution in [2.45, 2.75) is 19.0 Å². The number of benzene rings is 2. The Morgan fingerprint density at radius 3 is 2.68 bits per heavy atom. The summed E-state index contributed by atoms with van der Waals surface area (Å²) >= 11 is 0. The van der Waals surface area contributed by atoms with Crippen LogP contribution in [0.4, 0.5) is 0 Å². The molecule has 1 aromatic heterocycles. The molecule has 2 N–H and O–H groups in total. The zero-order valence-electron chi connectivity index (χ0n) is 15.6. The highest BCUT2D eigenvalue weighted by atomic mass is 16.5. The highest BCUT2D eigenvalue weighted by molar-refractivity contribution is 5.94. The topological polar surface area (TPSA) is 68.5 Å². The van der Waals surface area contributed by atoms with Crippen molar-refractivity contribution in [2.75, 3.05) is 13.2 Å². The number of hydrogen-bond donors (Lipinski definition) is 1. The molecule has 0 aliphatic carbocycles. The lowest BCUT2D eigenvalue weighted by Crippen LogP contribution is -2.53. The van der Waals surface area contributed by atoms with E-state index in [9.17, 15) is 4.79 Å². The van der Waals surface area contributed by atoms with Crippen molar-refractivity contribution in [3.63, 3.8) is 0 Å². The van der Waals surface area contributed by atoms with Crippen molar-refractivity contribution in [3.05, 3.63) is 84.2 Å². The molecule has 0 spiro atoms. The Morgan fingerprint density at radius 1 is 1.07 bits per heavy atom. The fourth-order valence-corrected chi connectivity index (χ4v) is 3.35. The van der Waals surface area contributed by atoms with E-state index >= 15 is 0 Å². The molecule has 1 aliphatic heterocycles. The summed E-state index contributed by atoms with van der Waals surface area (Å²) in [6.45, 7) is 1.74. The van der Waals surface area contributed by atoms with Gasteiger partial charge in [-0.05, 0) is 41.8 Å². The molecule has 1 aliphatic rings. The number of carbonyl (C=O) groups is 1. The first-order chi connectivity index (χ1) is 13.7. The van der Waals surface area contributed by atoms with Crippen LogP contribution in [0.2, 0.25) is 0 Å². The van der Waals surface area contributed by atoms with Crippen LogP contribution in [0.25, 0.3) is 11.1 Å². The fourth-order valence-electron chi connectivity index (χ4n) is 3.35. The molecule has 0 bridgehead atoms. The van der Waals surface area contributed by atoms with Gasteiger partial charge in [-0.25, -0.2) is 0 Å². The number of nitrogens with zero attached hydrogens (tertiary/aromatic N) is 2. The van der Waals surface area contributed by atoms with Gasteiger partial charge in [0.25, 0.3) is 5.91 Å². The van der Waals surface area contributed by atoms with Crippen LogP contribution in [0.15, 0.2) is 73.1 Å². The van der Waals surface area contributed by atoms with E-state index in [2.05, 4.69) is 11.1 Å². The Bertz CT molecular complexity index is 959. The molecule has 3 aromatic rings. The molecule has 0 saturated carbocycles. The molecular formula is C23H23N3O2. The van der Waals surface area contributed by atoms with Gasteiger partial charge in [0.15, 0.2) is 0 Å². The van der Waals surface area contributed by atoms with Gasteiger partial charge in [-0.3, -0.25) is 9.78 Å². The standard InChI is InChI=1S/C23H23N3O2/c24-13-17-5-4-8-19(11-17)20-12-22(15-25-14-20)28-16-21-9-10-26(21)23(27)18-6-2-1-3-7-18/h1-8,11-12,14-15,21H,9-10,13,16,24H2/t21-/m0/s1. The van der Waals surface area contributed by atoms with Gasteiger partial charge in [0.1, 0.15) is 12.4 Å². The maximum atomic E-state index is 12.6. The number of likely N-dealkylation sites (tertiary alicyclic amines) is 1. The summed E-state index contributed by atoms with van der Waals surface area (Å²) in [6.07, 6.45) is 4.47. The first-order valence-electron chi connectivity index (χ1n) is 9.48. The minimum Gasteiger partial charge on any atom is -0.490 e. The molecule has 2 aromatic carbocycles. The largest absolute Gasteiger partial charge is 0.490 e. The lowest BCUT2D eigenvalue weighted by molar-refractivity contribution is 0.0332. The zero-order chi connectivity index (χ0) is 19.3. The number of amides is 1. The van der Waals surface area contributed by atoms with Crippen LogP contribution >= 0.6 is 0 Å². The quantitative estimate of drug-likeness (QED) is 0.718. The highest BCUT2D eigenvalue weighted by Gasteiger charge is 2.33. The number of rotatable bonds is 6. The molecule has 0 radical (unpaired) electrons. The molecule has 142 valence electrons. The summed E-state index contributed by atoms with van der Waals surface area (Å²) in [7, 11) is 0. The minimum absolute atomic E-state index is 0.0610. The van der Waals surface area contributed by atoms with Crippen LogP contribution in [0, 0.1) is 0 Å². The van der Waals surface area contributed by atoms with E-state index in [4.69, 9.17) is 10.5 Å². The summed E-state index contributed by atoms with van der Waals surface area (Å²) < 4.78 is 5.96. The number of hydrogen-bond acceptors (Lipinski definition) is 4. The lowest BCUT2D eigenvalue weighted by Gasteiger charge is -2.40. The van der Waals surface area contributed by atoms with Crippen LogP contribution in [0.5, 0.6) is 5.75 Å². The number of ether oxygens (including phenoxy) is 1. The van der Waals surface area contributed by atoms with Crippen molar-refractivity contribution >= 4 is 5.91 Å². The van der Waals surface area contributed by atoms with Crippen LogP contribution in [-0.2, 0) is 6.54 Å². The third-order valence-electron chi connectivity index (χ3n) is 5.08. The highest BCUT2D eigenvalue weighted by Crippen LogP contribution is 2.25. The van der Waals surface area contributed by atoms with E-state index in [0.717, 1.165) is 35.2 Å². The maximum Gasteiger partial charge on any atom is 0.254 e. The van der Waals surface area contributed by atoms with Crippen LogP contribution in [0.3, 0.4) is 0 Å². The van der Waals surface area contributed by atoms with Gasteiger partial charge >= 0.3 is 0 Å². The monoisotopic (exact) mass is 373 g/mol. The third kappa shape index (κ3) is 3.89. The van der Waals surface area contributed by atoms with Gasteiger partial charge in [0, 0.05) is 30.4 Å². The average molecular weight is 373 g/mol. The number of carbonyl (C=O) groups excluding carboxylic acids is 1. The lowest BCUT2D eigenvalue weighted by atomic mass is 10.0. The minimum atomic E-state index is 0.0610. The number of aromatic nitrogens is 1. The first kappa shape index (κ1) is 18.2. The van der Waals surface area contributed by atoms with E-state index in [0.29, 0.717) is 18.9 Å². The SMILES string of the molecule is NCc1cccc(-c2cncc(OC[C@@H]3CCN3C(=O)c3ccccc3)c2)c1. The predicted molar refractivity (Wildman–Crippen MR) is 109 cm³/mol. The Balaban J connectivity index is 1.41. The molecule has 4 rings (SSSR count). The molecule has 1 amide bonds. The van der Waals surface area contributed by atoms with Crippen LogP contribution in [-0.4, -0.2) is 35.0 Å². The van der Waals surface area contributed by atoms with Gasteiger partial charge in [-0.1, -0.05) is 36.4 Å². The Labute approximate surface area is 164 Å². The molecule has 0 unspecified atom stereocenters. The van der Waals surface area contributed by atoms with Crippen molar-refractivity contribution in [2.24, 2.45) is 5.73 Å². The Kier molecular flexibility index (Phi) is 5.35. The summed E-state index contributed by atoms with van der Waals surface area (Å²) in [5.74, 6) is 0.764. The van der Waals surface area contributed by atoms with Crippen molar-refractivity contribution < 1.29 is 9.53 Å². The zero-order valence-corrected chi connectivity index (χ0v) is 15.6. The molecule has 1 fully saturated rings. The molecule has 5 nitrogen and oxygen atoms in total. The summed E-state index contributed by atoms with van der Waals surface area (Å²) in [5.41, 5.74) is 9.58. The smallest absolute Gasteiger partial charge is 0.254 e. The fraction of sp³-hybridized carbons (Fsp3) is 0.217. The Morgan fingerprint density at radius 2 is 1.93 bits per heavy atom. The average Bonchev–Trinajstić information content (AvgIpc) is 2.74. The van der Waals surface area contributed by atoms with Crippen LogP contribution in [0.1, 0.15) is 22.3 Å². The normalized spacial score (nSPS) is 15.8. The van der Waals surface area contributed by atoms with E-state index < -0.39 is 0 Å². The molecule has 1 saturated heterocycles.